The van der Waals surface area contributed by atoms with E-state index in [-0.39, 0.29) is 11.4 Å². The normalized spacial score (nSPS) is 10.7. The molecule has 100 valence electrons. The van der Waals surface area contributed by atoms with Crippen LogP contribution in [0.25, 0.3) is 17.1 Å². The molecule has 1 N–H and O–H groups in total. The number of aryl methyl sites for hydroxylation is 1. The lowest BCUT2D eigenvalue weighted by Crippen LogP contribution is -2.04. The molecule has 0 atom stereocenters. The molecule has 3 aromatic rings. The number of nitrogens with zero attached hydrogens (tertiary/aromatic N) is 3. The summed E-state index contributed by atoms with van der Waals surface area (Å²) in [7, 11) is 0. The minimum absolute atomic E-state index is 0.0210. The van der Waals surface area contributed by atoms with Crippen LogP contribution in [0.1, 0.15) is 16.1 Å². The van der Waals surface area contributed by atoms with Crippen molar-refractivity contribution in [3.63, 3.8) is 0 Å². The van der Waals surface area contributed by atoms with Gasteiger partial charge in [0.25, 0.3) is 5.88 Å². The van der Waals surface area contributed by atoms with Crippen LogP contribution in [-0.2, 0) is 0 Å². The topological polar surface area (TPSA) is 81.2 Å². The number of hydrogen-bond donors (Lipinski definition) is 1. The Balaban J connectivity index is 2.05. The first kappa shape index (κ1) is 12.2. The van der Waals surface area contributed by atoms with Gasteiger partial charge in [0.2, 0.25) is 0 Å². The third kappa shape index (κ3) is 1.97. The summed E-state index contributed by atoms with van der Waals surface area (Å²) in [5, 5.41) is 17.2. The van der Waals surface area contributed by atoms with E-state index in [1.165, 1.54) is 4.68 Å². The molecule has 0 radical (unpaired) electrons. The summed E-state index contributed by atoms with van der Waals surface area (Å²) in [6.07, 6.45) is 1.65. The minimum Gasteiger partial charge on any atom is -0.477 e. The van der Waals surface area contributed by atoms with Crippen molar-refractivity contribution in [2.75, 3.05) is 0 Å². The highest BCUT2D eigenvalue weighted by atomic mass is 16.5. The summed E-state index contributed by atoms with van der Waals surface area (Å²) in [6.45, 7) is 1.58. The Hall–Kier alpha value is -2.89. The van der Waals surface area contributed by atoms with Gasteiger partial charge in [-0.2, -0.15) is 5.10 Å². The molecular weight excluding hydrogens is 258 g/mol. The zero-order valence-corrected chi connectivity index (χ0v) is 10.6. The SMILES string of the molecule is Cc1noc(-n2ccc(-c3ccccc3)n2)c1C(=O)O. The fourth-order valence-electron chi connectivity index (χ4n) is 1.96. The molecule has 0 aliphatic heterocycles. The van der Waals surface area contributed by atoms with E-state index in [4.69, 9.17) is 4.52 Å². The van der Waals surface area contributed by atoms with E-state index < -0.39 is 5.97 Å². The molecule has 2 aromatic heterocycles. The first-order chi connectivity index (χ1) is 9.66. The van der Waals surface area contributed by atoms with Crippen molar-refractivity contribution in [1.29, 1.82) is 0 Å². The van der Waals surface area contributed by atoms with Gasteiger partial charge in [0.05, 0.1) is 11.4 Å². The van der Waals surface area contributed by atoms with E-state index in [1.807, 2.05) is 30.3 Å². The molecule has 1 aromatic carbocycles. The van der Waals surface area contributed by atoms with Crippen LogP contribution in [0, 0.1) is 6.92 Å². The third-order valence-corrected chi connectivity index (χ3v) is 2.93. The molecule has 20 heavy (non-hydrogen) atoms. The monoisotopic (exact) mass is 269 g/mol. The fourth-order valence-corrected chi connectivity index (χ4v) is 1.96. The lowest BCUT2D eigenvalue weighted by Gasteiger charge is -1.98. The summed E-state index contributed by atoms with van der Waals surface area (Å²) in [4.78, 5) is 11.2. The van der Waals surface area contributed by atoms with Gasteiger partial charge >= 0.3 is 5.97 Å². The summed E-state index contributed by atoms with van der Waals surface area (Å²) >= 11 is 0. The Morgan fingerprint density at radius 1 is 1.25 bits per heavy atom. The first-order valence-electron chi connectivity index (χ1n) is 5.98. The lowest BCUT2D eigenvalue weighted by atomic mass is 10.2. The lowest BCUT2D eigenvalue weighted by molar-refractivity contribution is 0.0695. The molecule has 0 amide bonds. The maximum absolute atomic E-state index is 11.2. The van der Waals surface area contributed by atoms with Gasteiger partial charge in [-0.1, -0.05) is 35.5 Å². The maximum Gasteiger partial charge on any atom is 0.343 e. The van der Waals surface area contributed by atoms with Gasteiger partial charge in [0.15, 0.2) is 0 Å². The van der Waals surface area contributed by atoms with Crippen LogP contribution in [0.3, 0.4) is 0 Å². The van der Waals surface area contributed by atoms with E-state index in [0.29, 0.717) is 5.69 Å². The fraction of sp³-hybridized carbons (Fsp3) is 0.0714. The predicted octanol–water partition coefficient (Wildman–Crippen LogP) is 2.53. The predicted molar refractivity (Wildman–Crippen MR) is 70.8 cm³/mol. The number of carboxylic acids is 1. The Kier molecular flexibility index (Phi) is 2.83. The van der Waals surface area contributed by atoms with Crippen LogP contribution in [-0.4, -0.2) is 26.0 Å². The molecule has 0 saturated carbocycles. The molecule has 0 fully saturated rings. The highest BCUT2D eigenvalue weighted by Crippen LogP contribution is 2.21. The number of rotatable bonds is 3. The molecule has 0 bridgehead atoms. The van der Waals surface area contributed by atoms with Crippen molar-refractivity contribution in [2.45, 2.75) is 6.92 Å². The van der Waals surface area contributed by atoms with Gasteiger partial charge in [0.1, 0.15) is 5.56 Å². The average molecular weight is 269 g/mol. The summed E-state index contributed by atoms with van der Waals surface area (Å²) in [5.74, 6) is -0.979. The van der Waals surface area contributed by atoms with Gasteiger partial charge in [-0.3, -0.25) is 0 Å². The van der Waals surface area contributed by atoms with E-state index in [9.17, 15) is 9.90 Å². The molecule has 6 nitrogen and oxygen atoms in total. The van der Waals surface area contributed by atoms with Gasteiger partial charge < -0.3 is 9.63 Å². The van der Waals surface area contributed by atoms with Gasteiger partial charge in [0, 0.05) is 11.8 Å². The van der Waals surface area contributed by atoms with Crippen molar-refractivity contribution in [1.82, 2.24) is 14.9 Å². The molecule has 2 heterocycles. The molecule has 0 aliphatic rings. The van der Waals surface area contributed by atoms with Gasteiger partial charge in [-0.05, 0) is 13.0 Å². The number of carboxylic acid groups (broad SMARTS) is 1. The quantitative estimate of drug-likeness (QED) is 0.790. The van der Waals surface area contributed by atoms with Crippen LogP contribution < -0.4 is 0 Å². The van der Waals surface area contributed by atoms with Crippen molar-refractivity contribution in [3.8, 4) is 17.1 Å². The molecule has 0 unspecified atom stereocenters. The van der Waals surface area contributed by atoms with E-state index in [0.717, 1.165) is 11.3 Å². The summed E-state index contributed by atoms with van der Waals surface area (Å²) in [6, 6.07) is 11.4. The second kappa shape index (κ2) is 4.65. The second-order valence-corrected chi connectivity index (χ2v) is 4.26. The zero-order valence-electron chi connectivity index (χ0n) is 10.6. The number of carbonyl (C=O) groups is 1. The van der Waals surface area contributed by atoms with Crippen LogP contribution in [0.5, 0.6) is 0 Å². The smallest absolute Gasteiger partial charge is 0.343 e. The minimum atomic E-state index is -1.09. The Morgan fingerprint density at radius 3 is 2.70 bits per heavy atom. The van der Waals surface area contributed by atoms with Crippen molar-refractivity contribution in [2.24, 2.45) is 0 Å². The first-order valence-corrected chi connectivity index (χ1v) is 5.98. The number of aromatic carboxylic acids is 1. The second-order valence-electron chi connectivity index (χ2n) is 4.26. The largest absolute Gasteiger partial charge is 0.477 e. The molecule has 0 aliphatic carbocycles. The zero-order chi connectivity index (χ0) is 14.1. The molecule has 0 spiro atoms. The molecule has 3 rings (SSSR count). The van der Waals surface area contributed by atoms with E-state index in [2.05, 4.69) is 10.3 Å². The van der Waals surface area contributed by atoms with E-state index >= 15 is 0 Å². The third-order valence-electron chi connectivity index (χ3n) is 2.93. The molecule has 0 saturated heterocycles. The summed E-state index contributed by atoms with van der Waals surface area (Å²) in [5.41, 5.74) is 2.02. The van der Waals surface area contributed by atoms with Crippen LogP contribution in [0.4, 0.5) is 0 Å². The standard InChI is InChI=1S/C14H11N3O3/c1-9-12(14(18)19)13(20-16-9)17-8-7-11(15-17)10-5-3-2-4-6-10/h2-8H,1H3,(H,18,19). The number of aromatic nitrogens is 3. The molecular formula is C14H11N3O3. The van der Waals surface area contributed by atoms with Gasteiger partial charge in [-0.15, -0.1) is 0 Å². The molecule has 6 heteroatoms. The Morgan fingerprint density at radius 2 is 2.00 bits per heavy atom. The summed E-state index contributed by atoms with van der Waals surface area (Å²) < 4.78 is 6.44. The van der Waals surface area contributed by atoms with Crippen LogP contribution >= 0.6 is 0 Å². The van der Waals surface area contributed by atoms with E-state index in [1.54, 1.807) is 19.2 Å². The van der Waals surface area contributed by atoms with Gasteiger partial charge in [-0.25, -0.2) is 9.48 Å². The number of benzene rings is 1. The van der Waals surface area contributed by atoms with Crippen molar-refractivity contribution >= 4 is 5.97 Å². The maximum atomic E-state index is 11.2. The Labute approximate surface area is 114 Å². The van der Waals surface area contributed by atoms with Crippen LogP contribution in [0.2, 0.25) is 0 Å². The number of hydrogen-bond acceptors (Lipinski definition) is 4. The highest BCUT2D eigenvalue weighted by Gasteiger charge is 2.22. The average Bonchev–Trinajstić information content (AvgIpc) is 3.05. The van der Waals surface area contributed by atoms with Crippen molar-refractivity contribution in [3.05, 3.63) is 53.9 Å². The highest BCUT2D eigenvalue weighted by molar-refractivity contribution is 5.91. The van der Waals surface area contributed by atoms with Crippen molar-refractivity contribution < 1.29 is 14.4 Å². The van der Waals surface area contributed by atoms with Crippen LogP contribution in [0.15, 0.2) is 47.1 Å². The Bertz CT molecular complexity index is 759.